The van der Waals surface area contributed by atoms with Crippen molar-refractivity contribution in [2.45, 2.75) is 19.1 Å². The number of hydrogen-bond donors (Lipinski definition) is 1. The van der Waals surface area contributed by atoms with Gasteiger partial charge in [-0.1, -0.05) is 0 Å². The van der Waals surface area contributed by atoms with Crippen molar-refractivity contribution in [3.8, 4) is 5.69 Å². The van der Waals surface area contributed by atoms with E-state index in [-0.39, 0.29) is 6.04 Å². The fraction of sp³-hybridized carbons (Fsp3) is 0.273. The molecule has 1 atom stereocenters. The SMILES string of the molecule is C[C@H](N)c1ccn(-c2ccc(C(F)(F)F)nc2)n1. The topological polar surface area (TPSA) is 56.7 Å². The molecule has 18 heavy (non-hydrogen) atoms. The minimum atomic E-state index is -4.43. The molecule has 0 radical (unpaired) electrons. The fourth-order valence-corrected chi connectivity index (χ4v) is 1.41. The molecule has 96 valence electrons. The largest absolute Gasteiger partial charge is 0.433 e. The molecule has 0 saturated heterocycles. The van der Waals surface area contributed by atoms with Gasteiger partial charge in [0.2, 0.25) is 0 Å². The van der Waals surface area contributed by atoms with Crippen LogP contribution < -0.4 is 5.73 Å². The Bertz CT molecular complexity index is 528. The summed E-state index contributed by atoms with van der Waals surface area (Å²) >= 11 is 0. The Hall–Kier alpha value is -1.89. The number of alkyl halides is 3. The van der Waals surface area contributed by atoms with Gasteiger partial charge in [-0.2, -0.15) is 18.3 Å². The highest BCUT2D eigenvalue weighted by atomic mass is 19.4. The number of pyridine rings is 1. The first-order chi connectivity index (χ1) is 8.38. The van der Waals surface area contributed by atoms with Crippen molar-refractivity contribution in [1.82, 2.24) is 14.8 Å². The second-order valence-electron chi connectivity index (χ2n) is 3.87. The highest BCUT2D eigenvalue weighted by Crippen LogP contribution is 2.27. The number of halogens is 3. The van der Waals surface area contributed by atoms with Crippen LogP contribution in [0.15, 0.2) is 30.6 Å². The Morgan fingerprint density at radius 2 is 2.00 bits per heavy atom. The number of hydrogen-bond acceptors (Lipinski definition) is 3. The second-order valence-corrected chi connectivity index (χ2v) is 3.87. The molecule has 0 aliphatic heterocycles. The van der Waals surface area contributed by atoms with Crippen LogP contribution in [0.5, 0.6) is 0 Å². The van der Waals surface area contributed by atoms with Gasteiger partial charge >= 0.3 is 6.18 Å². The molecule has 2 aromatic rings. The normalized spacial score (nSPS) is 13.6. The van der Waals surface area contributed by atoms with Crippen LogP contribution in [0.25, 0.3) is 5.69 Å². The standard InChI is InChI=1S/C11H11F3N4/c1-7(15)9-4-5-18(17-9)8-2-3-10(16-6-8)11(12,13)14/h2-7H,15H2,1H3/t7-/m0/s1. The molecule has 0 amide bonds. The predicted molar refractivity (Wildman–Crippen MR) is 59.0 cm³/mol. The predicted octanol–water partition coefficient (Wildman–Crippen LogP) is 2.31. The molecule has 0 aromatic carbocycles. The van der Waals surface area contributed by atoms with Gasteiger partial charge in [-0.3, -0.25) is 0 Å². The molecule has 2 rings (SSSR count). The lowest BCUT2D eigenvalue weighted by atomic mass is 10.3. The number of aromatic nitrogens is 3. The quantitative estimate of drug-likeness (QED) is 0.897. The van der Waals surface area contributed by atoms with Crippen LogP contribution in [0.1, 0.15) is 24.4 Å². The van der Waals surface area contributed by atoms with Crippen molar-refractivity contribution in [1.29, 1.82) is 0 Å². The first kappa shape index (κ1) is 12.6. The summed E-state index contributed by atoms with van der Waals surface area (Å²) in [6.45, 7) is 1.78. The van der Waals surface area contributed by atoms with Gasteiger partial charge in [0.1, 0.15) is 5.69 Å². The van der Waals surface area contributed by atoms with Crippen LogP contribution in [0.4, 0.5) is 13.2 Å². The lowest BCUT2D eigenvalue weighted by Crippen LogP contribution is -2.09. The van der Waals surface area contributed by atoms with Gasteiger partial charge in [-0.25, -0.2) is 9.67 Å². The molecule has 2 aromatic heterocycles. The molecule has 0 saturated carbocycles. The van der Waals surface area contributed by atoms with Crippen LogP contribution in [0.3, 0.4) is 0 Å². The van der Waals surface area contributed by atoms with Gasteiger partial charge in [0.15, 0.2) is 0 Å². The molecule has 2 N–H and O–H groups in total. The number of rotatable bonds is 2. The van der Waals surface area contributed by atoms with E-state index in [9.17, 15) is 13.2 Å². The summed E-state index contributed by atoms with van der Waals surface area (Å²) in [6, 6.07) is 3.72. The average Bonchev–Trinajstić information content (AvgIpc) is 2.77. The Morgan fingerprint density at radius 3 is 2.44 bits per heavy atom. The molecule has 0 aliphatic rings. The van der Waals surface area contributed by atoms with Crippen molar-refractivity contribution in [2.75, 3.05) is 0 Å². The van der Waals surface area contributed by atoms with E-state index in [0.717, 1.165) is 12.3 Å². The van der Waals surface area contributed by atoms with Crippen LogP contribution in [-0.2, 0) is 6.18 Å². The second kappa shape index (κ2) is 4.41. The first-order valence-electron chi connectivity index (χ1n) is 5.22. The Labute approximate surface area is 101 Å². The van der Waals surface area contributed by atoms with E-state index < -0.39 is 11.9 Å². The zero-order chi connectivity index (χ0) is 13.3. The summed E-state index contributed by atoms with van der Waals surface area (Å²) in [5, 5.41) is 4.14. The maximum absolute atomic E-state index is 12.3. The molecule has 0 fully saturated rings. The minimum absolute atomic E-state index is 0.228. The number of nitrogens with two attached hydrogens (primary N) is 1. The lowest BCUT2D eigenvalue weighted by molar-refractivity contribution is -0.141. The molecule has 2 heterocycles. The zero-order valence-corrected chi connectivity index (χ0v) is 9.52. The van der Waals surface area contributed by atoms with Gasteiger partial charge < -0.3 is 5.73 Å². The highest BCUT2D eigenvalue weighted by Gasteiger charge is 2.32. The van der Waals surface area contributed by atoms with Gasteiger partial charge in [0.25, 0.3) is 0 Å². The molecule has 0 aliphatic carbocycles. The Morgan fingerprint density at radius 1 is 1.28 bits per heavy atom. The minimum Gasteiger partial charge on any atom is -0.323 e. The molecular weight excluding hydrogens is 245 g/mol. The van der Waals surface area contributed by atoms with Crippen LogP contribution >= 0.6 is 0 Å². The average molecular weight is 256 g/mol. The summed E-state index contributed by atoms with van der Waals surface area (Å²) in [7, 11) is 0. The zero-order valence-electron chi connectivity index (χ0n) is 9.52. The summed E-state index contributed by atoms with van der Waals surface area (Å²) < 4.78 is 38.4. The van der Waals surface area contributed by atoms with Crippen LogP contribution in [-0.4, -0.2) is 14.8 Å². The van der Waals surface area contributed by atoms with E-state index in [2.05, 4.69) is 10.1 Å². The van der Waals surface area contributed by atoms with Gasteiger partial charge in [-0.05, 0) is 25.1 Å². The number of nitrogens with zero attached hydrogens (tertiary/aromatic N) is 3. The third kappa shape index (κ3) is 2.51. The monoisotopic (exact) mass is 256 g/mol. The van der Waals surface area contributed by atoms with Crippen molar-refractivity contribution in [3.63, 3.8) is 0 Å². The van der Waals surface area contributed by atoms with E-state index in [1.807, 2.05) is 0 Å². The fourth-order valence-electron chi connectivity index (χ4n) is 1.41. The Balaban J connectivity index is 2.29. The van der Waals surface area contributed by atoms with Crippen molar-refractivity contribution >= 4 is 0 Å². The third-order valence-electron chi connectivity index (χ3n) is 2.38. The van der Waals surface area contributed by atoms with E-state index in [0.29, 0.717) is 11.4 Å². The van der Waals surface area contributed by atoms with Gasteiger partial charge in [-0.15, -0.1) is 0 Å². The highest BCUT2D eigenvalue weighted by molar-refractivity contribution is 5.30. The van der Waals surface area contributed by atoms with Crippen molar-refractivity contribution < 1.29 is 13.2 Å². The van der Waals surface area contributed by atoms with E-state index >= 15 is 0 Å². The van der Waals surface area contributed by atoms with E-state index in [1.54, 1.807) is 19.2 Å². The van der Waals surface area contributed by atoms with Crippen molar-refractivity contribution in [3.05, 3.63) is 42.0 Å². The molecule has 0 unspecified atom stereocenters. The third-order valence-corrected chi connectivity index (χ3v) is 2.38. The summed E-state index contributed by atoms with van der Waals surface area (Å²) in [6.07, 6.45) is -1.68. The molecule has 7 heteroatoms. The van der Waals surface area contributed by atoms with Crippen LogP contribution in [0, 0.1) is 0 Å². The Kier molecular flexibility index (Phi) is 3.08. The molecular formula is C11H11F3N4. The van der Waals surface area contributed by atoms with Crippen molar-refractivity contribution in [2.24, 2.45) is 5.73 Å². The summed E-state index contributed by atoms with van der Waals surface area (Å²) in [4.78, 5) is 3.36. The first-order valence-corrected chi connectivity index (χ1v) is 5.22. The summed E-state index contributed by atoms with van der Waals surface area (Å²) in [5.41, 5.74) is 5.84. The van der Waals surface area contributed by atoms with Crippen LogP contribution in [0.2, 0.25) is 0 Å². The molecule has 0 bridgehead atoms. The maximum Gasteiger partial charge on any atom is 0.433 e. The lowest BCUT2D eigenvalue weighted by Gasteiger charge is -2.06. The van der Waals surface area contributed by atoms with E-state index in [4.69, 9.17) is 5.73 Å². The van der Waals surface area contributed by atoms with Gasteiger partial charge in [0, 0.05) is 12.2 Å². The van der Waals surface area contributed by atoms with E-state index in [1.165, 1.54) is 10.7 Å². The summed E-state index contributed by atoms with van der Waals surface area (Å²) in [5.74, 6) is 0. The van der Waals surface area contributed by atoms with Gasteiger partial charge in [0.05, 0.1) is 17.6 Å². The maximum atomic E-state index is 12.3. The molecule has 4 nitrogen and oxygen atoms in total. The molecule has 0 spiro atoms. The smallest absolute Gasteiger partial charge is 0.323 e.